The Bertz CT molecular complexity index is 539. The first-order chi connectivity index (χ1) is 11.1. The molecule has 3 N–H and O–H groups in total. The van der Waals surface area contributed by atoms with Crippen LogP contribution in [0.2, 0.25) is 0 Å². The van der Waals surface area contributed by atoms with Crippen molar-refractivity contribution in [3.8, 4) is 0 Å². The summed E-state index contributed by atoms with van der Waals surface area (Å²) in [5.74, 6) is -0.319. The minimum atomic E-state index is -0.473. The number of hydrogen-bond donors (Lipinski definition) is 3. The minimum Gasteiger partial charge on any atom is -0.374 e. The van der Waals surface area contributed by atoms with Crippen molar-refractivity contribution in [2.75, 3.05) is 5.32 Å². The van der Waals surface area contributed by atoms with Crippen LogP contribution in [-0.4, -0.2) is 24.0 Å². The molecule has 0 saturated heterocycles. The molecule has 0 aromatic heterocycles. The third-order valence-corrected chi connectivity index (χ3v) is 4.29. The molecule has 1 aliphatic rings. The average Bonchev–Trinajstić information content (AvgIpc) is 2.55. The Kier molecular flexibility index (Phi) is 6.44. The summed E-state index contributed by atoms with van der Waals surface area (Å²) < 4.78 is 0. The molecule has 5 nitrogen and oxygen atoms in total. The minimum absolute atomic E-state index is 0.195. The lowest BCUT2D eigenvalue weighted by Crippen LogP contribution is -2.49. The van der Waals surface area contributed by atoms with Gasteiger partial charge in [0.25, 0.3) is 0 Å². The standard InChI is InChI=1S/C18H27N3O2/c1-3-14-8-7-11-16(12-14)19-13(2)17(22)21-18(23)20-15-9-5-4-6-10-15/h7-8,11-13,15,19H,3-6,9-10H2,1-2H3,(H2,20,21,22,23). The highest BCUT2D eigenvalue weighted by atomic mass is 16.2. The van der Waals surface area contributed by atoms with Crippen LogP contribution in [0, 0.1) is 0 Å². The molecule has 0 heterocycles. The number of benzene rings is 1. The first kappa shape index (κ1) is 17.3. The van der Waals surface area contributed by atoms with Crippen molar-refractivity contribution in [1.82, 2.24) is 10.6 Å². The Morgan fingerprint density at radius 2 is 1.96 bits per heavy atom. The number of aryl methyl sites for hydroxylation is 1. The molecule has 0 radical (unpaired) electrons. The molecule has 1 aromatic rings. The van der Waals surface area contributed by atoms with Crippen molar-refractivity contribution in [3.63, 3.8) is 0 Å². The third-order valence-electron chi connectivity index (χ3n) is 4.29. The van der Waals surface area contributed by atoms with Crippen LogP contribution in [0.5, 0.6) is 0 Å². The number of nitrogens with one attached hydrogen (secondary N) is 3. The van der Waals surface area contributed by atoms with Crippen LogP contribution in [0.1, 0.15) is 51.5 Å². The largest absolute Gasteiger partial charge is 0.374 e. The zero-order valence-corrected chi connectivity index (χ0v) is 14.0. The summed E-state index contributed by atoms with van der Waals surface area (Å²) in [7, 11) is 0. The Morgan fingerprint density at radius 3 is 2.65 bits per heavy atom. The number of anilines is 1. The summed E-state index contributed by atoms with van der Waals surface area (Å²) in [5.41, 5.74) is 2.09. The monoisotopic (exact) mass is 317 g/mol. The Hall–Kier alpha value is -2.04. The fraction of sp³-hybridized carbons (Fsp3) is 0.556. The van der Waals surface area contributed by atoms with Gasteiger partial charge in [0.1, 0.15) is 6.04 Å². The van der Waals surface area contributed by atoms with Gasteiger partial charge in [-0.25, -0.2) is 4.79 Å². The molecule has 23 heavy (non-hydrogen) atoms. The molecule has 0 aliphatic heterocycles. The predicted octanol–water partition coefficient (Wildman–Crippen LogP) is 3.21. The average molecular weight is 317 g/mol. The number of carbonyl (C=O) groups excluding carboxylic acids is 2. The highest BCUT2D eigenvalue weighted by Gasteiger charge is 2.19. The van der Waals surface area contributed by atoms with E-state index in [1.54, 1.807) is 6.92 Å². The zero-order valence-electron chi connectivity index (χ0n) is 14.0. The van der Waals surface area contributed by atoms with E-state index in [1.165, 1.54) is 12.0 Å². The van der Waals surface area contributed by atoms with Crippen molar-refractivity contribution in [2.24, 2.45) is 0 Å². The maximum Gasteiger partial charge on any atom is 0.321 e. The quantitative estimate of drug-likeness (QED) is 0.781. The molecular weight excluding hydrogens is 290 g/mol. The predicted molar refractivity (Wildman–Crippen MR) is 92.5 cm³/mol. The summed E-state index contributed by atoms with van der Waals surface area (Å²) in [5, 5.41) is 8.45. The lowest BCUT2D eigenvalue weighted by molar-refractivity contribution is -0.120. The van der Waals surface area contributed by atoms with Gasteiger partial charge in [0.15, 0.2) is 0 Å². The van der Waals surface area contributed by atoms with Crippen LogP contribution in [0.3, 0.4) is 0 Å². The van der Waals surface area contributed by atoms with Gasteiger partial charge in [-0.1, -0.05) is 38.3 Å². The molecule has 1 atom stereocenters. The van der Waals surface area contributed by atoms with E-state index in [0.29, 0.717) is 0 Å². The fourth-order valence-corrected chi connectivity index (χ4v) is 2.89. The van der Waals surface area contributed by atoms with Crippen LogP contribution in [-0.2, 0) is 11.2 Å². The molecule has 1 fully saturated rings. The highest BCUT2D eigenvalue weighted by Crippen LogP contribution is 2.17. The van der Waals surface area contributed by atoms with Crippen LogP contribution in [0.15, 0.2) is 24.3 Å². The third kappa shape index (κ3) is 5.58. The van der Waals surface area contributed by atoms with Crippen molar-refractivity contribution >= 4 is 17.6 Å². The summed E-state index contributed by atoms with van der Waals surface area (Å²) in [6.45, 7) is 3.84. The molecule has 5 heteroatoms. The van der Waals surface area contributed by atoms with Gasteiger partial charge in [-0.2, -0.15) is 0 Å². The Labute approximate surface area is 138 Å². The van der Waals surface area contributed by atoms with Gasteiger partial charge in [-0.05, 0) is 43.9 Å². The van der Waals surface area contributed by atoms with E-state index in [9.17, 15) is 9.59 Å². The maximum absolute atomic E-state index is 12.1. The van der Waals surface area contributed by atoms with E-state index < -0.39 is 12.1 Å². The van der Waals surface area contributed by atoms with Gasteiger partial charge in [0.05, 0.1) is 0 Å². The number of hydrogen-bond acceptors (Lipinski definition) is 3. The summed E-state index contributed by atoms with van der Waals surface area (Å²) in [6.07, 6.45) is 6.46. The van der Waals surface area contributed by atoms with E-state index in [-0.39, 0.29) is 11.9 Å². The van der Waals surface area contributed by atoms with E-state index in [0.717, 1.165) is 37.8 Å². The molecule has 3 amide bonds. The van der Waals surface area contributed by atoms with E-state index in [1.807, 2.05) is 24.3 Å². The Balaban J connectivity index is 1.80. The van der Waals surface area contributed by atoms with E-state index >= 15 is 0 Å². The summed E-state index contributed by atoms with van der Waals surface area (Å²) in [4.78, 5) is 24.0. The van der Waals surface area contributed by atoms with Gasteiger partial charge in [0, 0.05) is 11.7 Å². The Morgan fingerprint density at radius 1 is 1.22 bits per heavy atom. The van der Waals surface area contributed by atoms with Crippen molar-refractivity contribution < 1.29 is 9.59 Å². The van der Waals surface area contributed by atoms with Crippen LogP contribution >= 0.6 is 0 Å². The second kappa shape index (κ2) is 8.56. The summed E-state index contributed by atoms with van der Waals surface area (Å²) >= 11 is 0. The number of imide groups is 1. The number of rotatable bonds is 5. The zero-order chi connectivity index (χ0) is 16.7. The lowest BCUT2D eigenvalue weighted by Gasteiger charge is -2.23. The summed E-state index contributed by atoms with van der Waals surface area (Å²) in [6, 6.07) is 7.28. The molecule has 2 rings (SSSR count). The molecule has 1 aromatic carbocycles. The van der Waals surface area contributed by atoms with Crippen molar-refractivity contribution in [2.45, 2.75) is 64.5 Å². The first-order valence-corrected chi connectivity index (χ1v) is 8.55. The van der Waals surface area contributed by atoms with Gasteiger partial charge >= 0.3 is 6.03 Å². The number of amides is 3. The smallest absolute Gasteiger partial charge is 0.321 e. The van der Waals surface area contributed by atoms with E-state index in [2.05, 4.69) is 22.9 Å². The highest BCUT2D eigenvalue weighted by molar-refractivity contribution is 5.98. The van der Waals surface area contributed by atoms with Gasteiger partial charge in [0.2, 0.25) is 5.91 Å². The van der Waals surface area contributed by atoms with Crippen LogP contribution < -0.4 is 16.0 Å². The molecule has 0 spiro atoms. The van der Waals surface area contributed by atoms with Crippen LogP contribution in [0.25, 0.3) is 0 Å². The molecular formula is C18H27N3O2. The SMILES string of the molecule is CCc1cccc(NC(C)C(=O)NC(=O)NC2CCCCC2)c1. The van der Waals surface area contributed by atoms with Gasteiger partial charge in [-0.3, -0.25) is 10.1 Å². The normalized spacial score (nSPS) is 16.4. The number of carbonyl (C=O) groups is 2. The molecule has 126 valence electrons. The van der Waals surface area contributed by atoms with Crippen molar-refractivity contribution in [3.05, 3.63) is 29.8 Å². The van der Waals surface area contributed by atoms with Crippen molar-refractivity contribution in [1.29, 1.82) is 0 Å². The second-order valence-corrected chi connectivity index (χ2v) is 6.22. The molecule has 0 bridgehead atoms. The molecule has 1 saturated carbocycles. The molecule has 1 unspecified atom stereocenters. The fourth-order valence-electron chi connectivity index (χ4n) is 2.89. The van der Waals surface area contributed by atoms with Crippen LogP contribution in [0.4, 0.5) is 10.5 Å². The lowest BCUT2D eigenvalue weighted by atomic mass is 9.96. The van der Waals surface area contributed by atoms with Gasteiger partial charge < -0.3 is 10.6 Å². The molecule has 1 aliphatic carbocycles. The van der Waals surface area contributed by atoms with E-state index in [4.69, 9.17) is 0 Å². The van der Waals surface area contributed by atoms with Gasteiger partial charge in [-0.15, -0.1) is 0 Å². The topological polar surface area (TPSA) is 70.2 Å². The second-order valence-electron chi connectivity index (χ2n) is 6.22. The first-order valence-electron chi connectivity index (χ1n) is 8.55. The number of urea groups is 1. The maximum atomic E-state index is 12.1.